The van der Waals surface area contributed by atoms with E-state index in [1.807, 2.05) is 0 Å². The van der Waals surface area contributed by atoms with Gasteiger partial charge in [0.25, 0.3) is 0 Å². The molecule has 0 bridgehead atoms. The van der Waals surface area contributed by atoms with Crippen molar-refractivity contribution < 1.29 is 9.53 Å². The van der Waals surface area contributed by atoms with Crippen LogP contribution in [0.2, 0.25) is 0 Å². The molecule has 4 nitrogen and oxygen atoms in total. The van der Waals surface area contributed by atoms with Crippen molar-refractivity contribution in [2.75, 3.05) is 26.2 Å². The lowest BCUT2D eigenvalue weighted by molar-refractivity contribution is -0.123. The maximum Gasteiger partial charge on any atom is 0.223 e. The SMILES string of the molecule is O=C(NCCOC1CCCC1)C1CC12CCNCC2. The summed E-state index contributed by atoms with van der Waals surface area (Å²) < 4.78 is 5.77. The van der Waals surface area contributed by atoms with E-state index in [0.717, 1.165) is 19.5 Å². The van der Waals surface area contributed by atoms with Crippen LogP contribution >= 0.6 is 0 Å². The van der Waals surface area contributed by atoms with E-state index in [1.165, 1.54) is 38.5 Å². The molecule has 0 aromatic heterocycles. The Morgan fingerprint density at radius 1 is 1.26 bits per heavy atom. The van der Waals surface area contributed by atoms with E-state index < -0.39 is 0 Å². The predicted molar refractivity (Wildman–Crippen MR) is 73.9 cm³/mol. The molecule has 2 N–H and O–H groups in total. The number of piperidine rings is 1. The van der Waals surface area contributed by atoms with Gasteiger partial charge in [-0.05, 0) is 50.6 Å². The fourth-order valence-corrected chi connectivity index (χ4v) is 3.77. The van der Waals surface area contributed by atoms with Gasteiger partial charge >= 0.3 is 0 Å². The molecule has 0 radical (unpaired) electrons. The molecule has 108 valence electrons. The minimum Gasteiger partial charge on any atom is -0.376 e. The molecule has 3 aliphatic rings. The minimum absolute atomic E-state index is 0.261. The number of hydrogen-bond donors (Lipinski definition) is 2. The number of amides is 1. The molecule has 3 rings (SSSR count). The van der Waals surface area contributed by atoms with Crippen molar-refractivity contribution in [2.24, 2.45) is 11.3 Å². The summed E-state index contributed by atoms with van der Waals surface area (Å²) in [6.07, 6.45) is 8.90. The highest BCUT2D eigenvalue weighted by molar-refractivity contribution is 5.82. The lowest BCUT2D eigenvalue weighted by atomic mass is 9.92. The summed E-state index contributed by atoms with van der Waals surface area (Å²) in [5, 5.41) is 6.43. The fourth-order valence-electron chi connectivity index (χ4n) is 3.77. The van der Waals surface area contributed by atoms with Crippen molar-refractivity contribution in [2.45, 2.75) is 51.0 Å². The molecule has 1 saturated heterocycles. The molecule has 1 aliphatic heterocycles. The lowest BCUT2D eigenvalue weighted by Gasteiger charge is -2.23. The Hall–Kier alpha value is -0.610. The normalized spacial score (nSPS) is 29.6. The second-order valence-electron chi connectivity index (χ2n) is 6.44. The van der Waals surface area contributed by atoms with Gasteiger partial charge in [0.15, 0.2) is 0 Å². The maximum atomic E-state index is 12.1. The second-order valence-corrected chi connectivity index (χ2v) is 6.44. The summed E-state index contributed by atoms with van der Waals surface area (Å²) in [4.78, 5) is 12.1. The molecule has 1 atom stereocenters. The van der Waals surface area contributed by atoms with Gasteiger partial charge in [-0.25, -0.2) is 0 Å². The van der Waals surface area contributed by atoms with Gasteiger partial charge in [-0.2, -0.15) is 0 Å². The molecule has 0 aromatic carbocycles. The summed E-state index contributed by atoms with van der Waals surface area (Å²) in [7, 11) is 0. The lowest BCUT2D eigenvalue weighted by Crippen LogP contribution is -2.35. The molecule has 2 saturated carbocycles. The maximum absolute atomic E-state index is 12.1. The van der Waals surface area contributed by atoms with E-state index in [0.29, 0.717) is 24.7 Å². The van der Waals surface area contributed by atoms with Crippen molar-refractivity contribution in [1.82, 2.24) is 10.6 Å². The highest BCUT2D eigenvalue weighted by Gasteiger charge is 2.57. The Balaban J connectivity index is 1.31. The summed E-state index contributed by atoms with van der Waals surface area (Å²) in [6, 6.07) is 0. The van der Waals surface area contributed by atoms with Gasteiger partial charge in [-0.1, -0.05) is 12.8 Å². The minimum atomic E-state index is 0.261. The van der Waals surface area contributed by atoms with E-state index in [4.69, 9.17) is 4.74 Å². The van der Waals surface area contributed by atoms with Crippen molar-refractivity contribution >= 4 is 5.91 Å². The Morgan fingerprint density at radius 2 is 2.00 bits per heavy atom. The van der Waals surface area contributed by atoms with Gasteiger partial charge in [0, 0.05) is 12.5 Å². The highest BCUT2D eigenvalue weighted by atomic mass is 16.5. The van der Waals surface area contributed by atoms with Gasteiger partial charge in [-0.3, -0.25) is 4.79 Å². The average Bonchev–Trinajstić information content (AvgIpc) is 2.89. The van der Waals surface area contributed by atoms with Gasteiger partial charge < -0.3 is 15.4 Å². The smallest absolute Gasteiger partial charge is 0.223 e. The third-order valence-corrected chi connectivity index (χ3v) is 5.16. The van der Waals surface area contributed by atoms with Crippen LogP contribution in [-0.2, 0) is 9.53 Å². The third kappa shape index (κ3) is 3.11. The first-order chi connectivity index (χ1) is 9.30. The Bertz CT molecular complexity index is 320. The molecular weight excluding hydrogens is 240 g/mol. The van der Waals surface area contributed by atoms with Crippen LogP contribution < -0.4 is 10.6 Å². The highest BCUT2D eigenvalue weighted by Crippen LogP contribution is 2.58. The number of carbonyl (C=O) groups is 1. The number of hydrogen-bond acceptors (Lipinski definition) is 3. The Labute approximate surface area is 115 Å². The second kappa shape index (κ2) is 5.80. The van der Waals surface area contributed by atoms with Crippen LogP contribution in [-0.4, -0.2) is 38.3 Å². The standard InChI is InChI=1S/C15H26N2O2/c18-14(13-11-15(13)5-7-16-8-6-15)17-9-10-19-12-3-1-2-4-12/h12-13,16H,1-11H2,(H,17,18). The van der Waals surface area contributed by atoms with Crippen LogP contribution in [0.15, 0.2) is 0 Å². The number of rotatable bonds is 5. The summed E-state index contributed by atoms with van der Waals surface area (Å²) in [5.41, 5.74) is 0.349. The van der Waals surface area contributed by atoms with Gasteiger partial charge in [-0.15, -0.1) is 0 Å². The number of nitrogens with one attached hydrogen (secondary N) is 2. The van der Waals surface area contributed by atoms with E-state index >= 15 is 0 Å². The van der Waals surface area contributed by atoms with E-state index in [-0.39, 0.29) is 11.8 Å². The Morgan fingerprint density at radius 3 is 2.74 bits per heavy atom. The largest absolute Gasteiger partial charge is 0.376 e. The topological polar surface area (TPSA) is 50.4 Å². The molecular formula is C15H26N2O2. The molecule has 1 amide bonds. The molecule has 19 heavy (non-hydrogen) atoms. The van der Waals surface area contributed by atoms with Crippen molar-refractivity contribution in [3.63, 3.8) is 0 Å². The van der Waals surface area contributed by atoms with Crippen LogP contribution in [0.3, 0.4) is 0 Å². The van der Waals surface area contributed by atoms with Gasteiger partial charge in [0.1, 0.15) is 0 Å². The number of ether oxygens (including phenoxy) is 1. The number of carbonyl (C=O) groups excluding carboxylic acids is 1. The average molecular weight is 266 g/mol. The third-order valence-electron chi connectivity index (χ3n) is 5.16. The summed E-state index contributed by atoms with van der Waals surface area (Å²) in [6.45, 7) is 3.51. The zero-order chi connectivity index (χ0) is 13.1. The zero-order valence-electron chi connectivity index (χ0n) is 11.7. The van der Waals surface area contributed by atoms with Crippen LogP contribution in [0.1, 0.15) is 44.9 Å². The van der Waals surface area contributed by atoms with E-state index in [9.17, 15) is 4.79 Å². The molecule has 2 aliphatic carbocycles. The van der Waals surface area contributed by atoms with Crippen LogP contribution in [0.4, 0.5) is 0 Å². The first-order valence-corrected chi connectivity index (χ1v) is 7.90. The van der Waals surface area contributed by atoms with Gasteiger partial charge in [0.05, 0.1) is 12.7 Å². The van der Waals surface area contributed by atoms with Crippen molar-refractivity contribution in [1.29, 1.82) is 0 Å². The molecule has 1 spiro atoms. The summed E-state index contributed by atoms with van der Waals surface area (Å²) in [5.74, 6) is 0.540. The molecule has 4 heteroatoms. The van der Waals surface area contributed by atoms with E-state index in [2.05, 4.69) is 10.6 Å². The summed E-state index contributed by atoms with van der Waals surface area (Å²) >= 11 is 0. The Kier molecular flexibility index (Phi) is 4.08. The van der Waals surface area contributed by atoms with E-state index in [1.54, 1.807) is 0 Å². The zero-order valence-corrected chi connectivity index (χ0v) is 11.7. The molecule has 1 heterocycles. The first-order valence-electron chi connectivity index (χ1n) is 7.90. The van der Waals surface area contributed by atoms with Gasteiger partial charge in [0.2, 0.25) is 5.91 Å². The molecule has 0 aromatic rings. The van der Waals surface area contributed by atoms with Crippen molar-refractivity contribution in [3.8, 4) is 0 Å². The predicted octanol–water partition coefficient (Wildman–Crippen LogP) is 1.45. The molecule has 3 fully saturated rings. The first kappa shape index (κ1) is 13.4. The monoisotopic (exact) mass is 266 g/mol. The van der Waals surface area contributed by atoms with Crippen molar-refractivity contribution in [3.05, 3.63) is 0 Å². The molecule has 1 unspecified atom stereocenters. The fraction of sp³-hybridized carbons (Fsp3) is 0.933. The quantitative estimate of drug-likeness (QED) is 0.741. The van der Waals surface area contributed by atoms with Crippen LogP contribution in [0.25, 0.3) is 0 Å². The van der Waals surface area contributed by atoms with Crippen LogP contribution in [0.5, 0.6) is 0 Å². The van der Waals surface area contributed by atoms with Crippen LogP contribution in [0, 0.1) is 11.3 Å².